The Morgan fingerprint density at radius 3 is 2.39 bits per heavy atom. The lowest BCUT2D eigenvalue weighted by Crippen LogP contribution is -2.43. The quantitative estimate of drug-likeness (QED) is 0.454. The van der Waals surface area contributed by atoms with Crippen LogP contribution in [0.4, 0.5) is 23.1 Å². The third-order valence-corrected chi connectivity index (χ3v) is 8.03. The monoisotopic (exact) mass is 509 g/mol. The summed E-state index contributed by atoms with van der Waals surface area (Å²) in [6, 6.07) is 15.3. The second-order valence-electron chi connectivity index (χ2n) is 9.03. The van der Waals surface area contributed by atoms with Crippen LogP contribution in [0.2, 0.25) is 0 Å². The first-order valence-corrected chi connectivity index (χ1v) is 13.7. The number of nitrogens with zero attached hydrogens (tertiary/aromatic N) is 5. The normalized spacial score (nSPS) is 15.1. The molecule has 0 unspecified atom stereocenters. The van der Waals surface area contributed by atoms with Crippen molar-refractivity contribution in [1.29, 1.82) is 0 Å². The van der Waals surface area contributed by atoms with Gasteiger partial charge < -0.3 is 15.1 Å². The van der Waals surface area contributed by atoms with Gasteiger partial charge in [0.15, 0.2) is 0 Å². The van der Waals surface area contributed by atoms with Crippen LogP contribution in [0.15, 0.2) is 59.6 Å². The zero-order chi connectivity index (χ0) is 25.7. The number of likely N-dealkylation sites (N-methyl/N-ethyl adjacent to an activating group) is 1. The lowest BCUT2D eigenvalue weighted by molar-refractivity contribution is 0.148. The molecule has 0 saturated carbocycles. The van der Waals surface area contributed by atoms with Crippen LogP contribution in [0.1, 0.15) is 18.1 Å². The Morgan fingerprint density at radius 1 is 1.03 bits per heavy atom. The van der Waals surface area contributed by atoms with Crippen LogP contribution < -0.4 is 14.9 Å². The number of hydrogen-bond donors (Lipinski definition) is 2. The fraction of sp³-hybridized carbons (Fsp3) is 0.385. The van der Waals surface area contributed by atoms with E-state index < -0.39 is 10.0 Å². The fourth-order valence-corrected chi connectivity index (χ4v) is 5.06. The summed E-state index contributed by atoms with van der Waals surface area (Å²) in [6.07, 6.45) is 2.49. The predicted octanol–water partition coefficient (Wildman–Crippen LogP) is 3.21. The number of para-hydroxylation sites is 1. The molecule has 0 aliphatic carbocycles. The molecule has 1 aliphatic rings. The Balaban J connectivity index is 1.54. The smallest absolute Gasteiger partial charge is 0.242 e. The lowest BCUT2D eigenvalue weighted by Gasteiger charge is -2.32. The third-order valence-electron chi connectivity index (χ3n) is 6.56. The number of piperazine rings is 1. The summed E-state index contributed by atoms with van der Waals surface area (Å²) < 4.78 is 27.4. The van der Waals surface area contributed by atoms with Crippen LogP contribution in [0, 0.1) is 0 Å². The minimum atomic E-state index is -3.63. The molecule has 0 amide bonds. The predicted molar refractivity (Wildman–Crippen MR) is 145 cm³/mol. The van der Waals surface area contributed by atoms with Crippen molar-refractivity contribution < 1.29 is 8.42 Å². The Labute approximate surface area is 214 Å². The summed E-state index contributed by atoms with van der Waals surface area (Å²) in [5.74, 6) is 1.11. The summed E-state index contributed by atoms with van der Waals surface area (Å²) in [5.41, 5.74) is 3.61. The molecule has 1 aromatic heterocycles. The third kappa shape index (κ3) is 6.01. The molecule has 2 N–H and O–H groups in total. The molecule has 4 rings (SSSR count). The first-order valence-electron chi connectivity index (χ1n) is 12.2. The Hall–Kier alpha value is -3.05. The van der Waals surface area contributed by atoms with Gasteiger partial charge in [0, 0.05) is 57.2 Å². The van der Waals surface area contributed by atoms with E-state index in [-0.39, 0.29) is 4.90 Å². The van der Waals surface area contributed by atoms with Gasteiger partial charge in [0.2, 0.25) is 16.0 Å². The zero-order valence-corrected chi connectivity index (χ0v) is 22.2. The average molecular weight is 510 g/mol. The molecule has 2 heterocycles. The van der Waals surface area contributed by atoms with Gasteiger partial charge >= 0.3 is 0 Å². The number of aryl methyl sites for hydroxylation is 1. The minimum Gasteiger partial charge on any atom is -0.339 e. The molecule has 0 spiro atoms. The molecule has 2 aromatic carbocycles. The van der Waals surface area contributed by atoms with Crippen LogP contribution in [0.3, 0.4) is 0 Å². The molecule has 1 fully saturated rings. The van der Waals surface area contributed by atoms with E-state index in [1.165, 1.54) is 12.6 Å². The molecule has 0 atom stereocenters. The van der Waals surface area contributed by atoms with Crippen LogP contribution in [-0.2, 0) is 23.0 Å². The molecular formula is C26H35N7O2S. The van der Waals surface area contributed by atoms with Gasteiger partial charge in [-0.05, 0) is 50.3 Å². The van der Waals surface area contributed by atoms with Gasteiger partial charge in [0.25, 0.3) is 0 Å². The van der Waals surface area contributed by atoms with E-state index in [0.717, 1.165) is 44.0 Å². The SMILES string of the molecule is CCc1cnc(N(C)c2ccc(CN3CCN(C)CC3)cc2)nc1Nc1ccccc1S(=O)(=O)NC. The fourth-order valence-electron chi connectivity index (χ4n) is 4.17. The molecule has 1 saturated heterocycles. The molecular weight excluding hydrogens is 474 g/mol. The van der Waals surface area contributed by atoms with E-state index in [1.54, 1.807) is 30.5 Å². The summed E-state index contributed by atoms with van der Waals surface area (Å²) in [5, 5.41) is 3.23. The van der Waals surface area contributed by atoms with Gasteiger partial charge in [0.1, 0.15) is 10.7 Å². The van der Waals surface area contributed by atoms with E-state index in [1.807, 2.05) is 18.9 Å². The maximum atomic E-state index is 12.5. The highest BCUT2D eigenvalue weighted by Crippen LogP contribution is 2.28. The highest BCUT2D eigenvalue weighted by molar-refractivity contribution is 7.89. The standard InChI is InChI=1S/C26H35N7O2S/c1-5-21-18-28-26(30-25(21)29-23-8-6-7-9-24(23)36(34,35)27-2)32(4)22-12-10-20(11-13-22)19-33-16-14-31(3)15-17-33/h6-13,18,27H,5,14-17,19H2,1-4H3,(H,28,29,30). The van der Waals surface area contributed by atoms with Crippen LogP contribution >= 0.6 is 0 Å². The largest absolute Gasteiger partial charge is 0.339 e. The Kier molecular flexibility index (Phi) is 8.20. The van der Waals surface area contributed by atoms with Crippen LogP contribution in [0.5, 0.6) is 0 Å². The van der Waals surface area contributed by atoms with Crippen LogP contribution in [-0.4, -0.2) is 75.5 Å². The summed E-state index contributed by atoms with van der Waals surface area (Å²) >= 11 is 0. The average Bonchev–Trinajstić information content (AvgIpc) is 2.90. The van der Waals surface area contributed by atoms with Gasteiger partial charge in [-0.3, -0.25) is 4.90 Å². The van der Waals surface area contributed by atoms with Crippen molar-refractivity contribution in [3.63, 3.8) is 0 Å². The number of nitrogens with one attached hydrogen (secondary N) is 2. The maximum Gasteiger partial charge on any atom is 0.242 e. The second-order valence-corrected chi connectivity index (χ2v) is 10.9. The maximum absolute atomic E-state index is 12.5. The summed E-state index contributed by atoms with van der Waals surface area (Å²) in [7, 11) is 1.87. The molecule has 9 nitrogen and oxygen atoms in total. The van der Waals surface area contributed by atoms with Crippen molar-refractivity contribution in [2.45, 2.75) is 24.8 Å². The van der Waals surface area contributed by atoms with Crippen molar-refractivity contribution in [3.8, 4) is 0 Å². The highest BCUT2D eigenvalue weighted by atomic mass is 32.2. The Bertz CT molecular complexity index is 1270. The van der Waals surface area contributed by atoms with E-state index in [4.69, 9.17) is 4.98 Å². The van der Waals surface area contributed by atoms with Gasteiger partial charge in [-0.1, -0.05) is 31.2 Å². The zero-order valence-electron chi connectivity index (χ0n) is 21.4. The van der Waals surface area contributed by atoms with E-state index >= 15 is 0 Å². The van der Waals surface area contributed by atoms with Gasteiger partial charge in [-0.25, -0.2) is 18.1 Å². The van der Waals surface area contributed by atoms with Gasteiger partial charge in [0.05, 0.1) is 5.69 Å². The first-order chi connectivity index (χ1) is 17.3. The molecule has 1 aliphatic heterocycles. The summed E-state index contributed by atoms with van der Waals surface area (Å²) in [4.78, 5) is 16.3. The van der Waals surface area contributed by atoms with E-state index in [9.17, 15) is 8.42 Å². The Morgan fingerprint density at radius 2 is 1.72 bits per heavy atom. The number of benzene rings is 2. The van der Waals surface area contributed by atoms with E-state index in [0.29, 0.717) is 23.9 Å². The second kappa shape index (κ2) is 11.3. The number of aromatic nitrogens is 2. The van der Waals surface area contributed by atoms with Gasteiger partial charge in [-0.2, -0.15) is 4.98 Å². The lowest BCUT2D eigenvalue weighted by atomic mass is 10.1. The molecule has 0 radical (unpaired) electrons. The number of sulfonamides is 1. The molecule has 36 heavy (non-hydrogen) atoms. The van der Waals surface area contributed by atoms with Crippen LogP contribution in [0.25, 0.3) is 0 Å². The summed E-state index contributed by atoms with van der Waals surface area (Å²) in [6.45, 7) is 7.35. The first kappa shape index (κ1) is 26.0. The number of rotatable bonds is 9. The number of hydrogen-bond acceptors (Lipinski definition) is 8. The molecule has 10 heteroatoms. The van der Waals surface area contributed by atoms with Gasteiger partial charge in [-0.15, -0.1) is 0 Å². The number of anilines is 4. The van der Waals surface area contributed by atoms with E-state index in [2.05, 4.69) is 56.1 Å². The van der Waals surface area contributed by atoms with Crippen molar-refractivity contribution in [2.75, 3.05) is 57.5 Å². The molecule has 0 bridgehead atoms. The van der Waals surface area contributed by atoms with Crippen molar-refractivity contribution >= 4 is 33.2 Å². The highest BCUT2D eigenvalue weighted by Gasteiger charge is 2.19. The van der Waals surface area contributed by atoms with Crippen molar-refractivity contribution in [2.24, 2.45) is 0 Å². The minimum absolute atomic E-state index is 0.166. The van der Waals surface area contributed by atoms with Crippen molar-refractivity contribution in [3.05, 3.63) is 65.9 Å². The molecule has 192 valence electrons. The van der Waals surface area contributed by atoms with Crippen molar-refractivity contribution in [1.82, 2.24) is 24.5 Å². The molecule has 3 aromatic rings. The topological polar surface area (TPSA) is 93.7 Å².